The van der Waals surface area contributed by atoms with Crippen molar-refractivity contribution in [3.05, 3.63) is 96.3 Å². The lowest BCUT2D eigenvalue weighted by Gasteiger charge is -2.32. The number of aromatic nitrogens is 3. The number of esters is 1. The highest BCUT2D eigenvalue weighted by atomic mass is 16.6. The number of carbonyl (C=O) groups is 1. The predicted octanol–water partition coefficient (Wildman–Crippen LogP) is 6.25. The van der Waals surface area contributed by atoms with Gasteiger partial charge in [0, 0.05) is 42.7 Å². The summed E-state index contributed by atoms with van der Waals surface area (Å²) in [6.45, 7) is 7.87. The second kappa shape index (κ2) is 12.8. The molecule has 8 nitrogen and oxygen atoms in total. The average molecular weight is 553 g/mol. The number of nitrogens with zero attached hydrogens (tertiary/aromatic N) is 4. The van der Waals surface area contributed by atoms with Crippen LogP contribution < -0.4 is 14.4 Å². The number of ether oxygens (including phenoxy) is 3. The number of pyridine rings is 1. The SMILES string of the molecule is CC(C)(C)OC(=O)C1CCN(c2ncc(-c3ccc(OCc4ccccc4)nc3OCc3ccccc3)cn2)CC1. The van der Waals surface area contributed by atoms with Gasteiger partial charge in [0.1, 0.15) is 18.8 Å². The first-order valence-electron chi connectivity index (χ1n) is 14.0. The van der Waals surface area contributed by atoms with Gasteiger partial charge in [0.05, 0.1) is 5.92 Å². The van der Waals surface area contributed by atoms with E-state index in [9.17, 15) is 4.79 Å². The van der Waals surface area contributed by atoms with Crippen molar-refractivity contribution in [2.75, 3.05) is 18.0 Å². The van der Waals surface area contributed by atoms with Crippen LogP contribution in [0.3, 0.4) is 0 Å². The van der Waals surface area contributed by atoms with E-state index in [4.69, 9.17) is 14.2 Å². The monoisotopic (exact) mass is 552 g/mol. The minimum absolute atomic E-state index is 0.0947. The zero-order valence-electron chi connectivity index (χ0n) is 23.8. The van der Waals surface area contributed by atoms with Gasteiger partial charge in [-0.2, -0.15) is 4.98 Å². The van der Waals surface area contributed by atoms with E-state index in [0.29, 0.717) is 56.9 Å². The van der Waals surface area contributed by atoms with E-state index < -0.39 is 5.60 Å². The van der Waals surface area contributed by atoms with Crippen LogP contribution in [0.4, 0.5) is 5.95 Å². The summed E-state index contributed by atoms with van der Waals surface area (Å²) in [5.41, 5.74) is 3.20. The third-order valence-corrected chi connectivity index (χ3v) is 6.75. The van der Waals surface area contributed by atoms with E-state index in [1.807, 2.05) is 93.6 Å². The van der Waals surface area contributed by atoms with E-state index in [1.165, 1.54) is 0 Å². The molecule has 2 aromatic carbocycles. The minimum Gasteiger partial charge on any atom is -0.473 e. The van der Waals surface area contributed by atoms with Crippen molar-refractivity contribution in [3.8, 4) is 22.9 Å². The molecule has 0 radical (unpaired) electrons. The summed E-state index contributed by atoms with van der Waals surface area (Å²) in [5.74, 6) is 1.35. The smallest absolute Gasteiger partial charge is 0.309 e. The standard InChI is InChI=1S/C33H36N4O4/c1-33(2,3)41-31(38)26-16-18-37(19-17-26)32-34-20-27(21-35-32)28-14-15-29(39-22-24-10-6-4-7-11-24)36-30(28)40-23-25-12-8-5-9-13-25/h4-15,20-21,26H,16-19,22-23H2,1-3H3. The zero-order valence-corrected chi connectivity index (χ0v) is 23.8. The molecule has 4 aromatic rings. The lowest BCUT2D eigenvalue weighted by molar-refractivity contribution is -0.160. The Morgan fingerprint density at radius 2 is 1.41 bits per heavy atom. The van der Waals surface area contributed by atoms with Crippen molar-refractivity contribution in [1.82, 2.24) is 15.0 Å². The zero-order chi connectivity index (χ0) is 28.7. The Morgan fingerprint density at radius 1 is 0.829 bits per heavy atom. The van der Waals surface area contributed by atoms with Crippen LogP contribution in [0.5, 0.6) is 11.8 Å². The fourth-order valence-corrected chi connectivity index (χ4v) is 4.61. The van der Waals surface area contributed by atoms with Crippen molar-refractivity contribution in [2.45, 2.75) is 52.4 Å². The highest BCUT2D eigenvalue weighted by Crippen LogP contribution is 2.32. The summed E-state index contributed by atoms with van der Waals surface area (Å²) in [6.07, 6.45) is 5.01. The van der Waals surface area contributed by atoms with Gasteiger partial charge in [-0.15, -0.1) is 0 Å². The second-order valence-electron chi connectivity index (χ2n) is 11.1. The Bertz CT molecular complexity index is 1420. The fourth-order valence-electron chi connectivity index (χ4n) is 4.61. The third kappa shape index (κ3) is 7.81. The lowest BCUT2D eigenvalue weighted by Crippen LogP contribution is -2.39. The highest BCUT2D eigenvalue weighted by Gasteiger charge is 2.30. The lowest BCUT2D eigenvalue weighted by atomic mass is 9.97. The molecule has 0 amide bonds. The Hall–Kier alpha value is -4.46. The van der Waals surface area contributed by atoms with E-state index in [-0.39, 0.29) is 11.9 Å². The number of hydrogen-bond acceptors (Lipinski definition) is 8. The van der Waals surface area contributed by atoms with Crippen molar-refractivity contribution in [1.29, 1.82) is 0 Å². The van der Waals surface area contributed by atoms with Gasteiger partial charge < -0.3 is 19.1 Å². The number of rotatable bonds is 9. The first kappa shape index (κ1) is 28.1. The van der Waals surface area contributed by atoms with Crippen LogP contribution in [-0.4, -0.2) is 39.6 Å². The summed E-state index contributed by atoms with van der Waals surface area (Å²) in [6, 6.07) is 23.7. The molecule has 1 aliphatic heterocycles. The van der Waals surface area contributed by atoms with Gasteiger partial charge in [-0.05, 0) is 50.8 Å². The average Bonchev–Trinajstić information content (AvgIpc) is 2.99. The summed E-state index contributed by atoms with van der Waals surface area (Å²) in [4.78, 5) is 28.6. The van der Waals surface area contributed by atoms with Gasteiger partial charge >= 0.3 is 5.97 Å². The molecule has 8 heteroatoms. The Labute approximate surface area is 241 Å². The minimum atomic E-state index is -0.474. The molecule has 0 atom stereocenters. The van der Waals surface area contributed by atoms with Crippen molar-refractivity contribution < 1.29 is 19.0 Å². The second-order valence-corrected chi connectivity index (χ2v) is 11.1. The first-order chi connectivity index (χ1) is 19.8. The molecule has 1 saturated heterocycles. The maximum Gasteiger partial charge on any atom is 0.309 e. The van der Waals surface area contributed by atoms with Gasteiger partial charge in [0.25, 0.3) is 0 Å². The fraction of sp³-hybridized carbons (Fsp3) is 0.333. The van der Waals surface area contributed by atoms with Crippen LogP contribution in [0, 0.1) is 5.92 Å². The van der Waals surface area contributed by atoms with Crippen LogP contribution >= 0.6 is 0 Å². The molecule has 0 saturated carbocycles. The Morgan fingerprint density at radius 3 is 2.00 bits per heavy atom. The molecule has 1 aliphatic rings. The molecule has 41 heavy (non-hydrogen) atoms. The molecule has 0 N–H and O–H groups in total. The quantitative estimate of drug-likeness (QED) is 0.225. The van der Waals surface area contributed by atoms with E-state index in [0.717, 1.165) is 22.3 Å². The van der Waals surface area contributed by atoms with Gasteiger partial charge in [0.2, 0.25) is 17.7 Å². The van der Waals surface area contributed by atoms with Crippen molar-refractivity contribution in [2.24, 2.45) is 5.92 Å². The van der Waals surface area contributed by atoms with Gasteiger partial charge in [-0.1, -0.05) is 60.7 Å². The topological polar surface area (TPSA) is 86.7 Å². The number of hydrogen-bond donors (Lipinski definition) is 0. The Kier molecular flexibility index (Phi) is 8.77. The first-order valence-corrected chi connectivity index (χ1v) is 14.0. The molecule has 212 valence electrons. The number of anilines is 1. The molecule has 1 fully saturated rings. The van der Waals surface area contributed by atoms with E-state index in [2.05, 4.69) is 19.9 Å². The maximum atomic E-state index is 12.5. The van der Waals surface area contributed by atoms with E-state index >= 15 is 0 Å². The van der Waals surface area contributed by atoms with Gasteiger partial charge in [-0.3, -0.25) is 4.79 Å². The summed E-state index contributed by atoms with van der Waals surface area (Å²) in [7, 11) is 0. The molecule has 0 unspecified atom stereocenters. The summed E-state index contributed by atoms with van der Waals surface area (Å²) < 4.78 is 17.7. The normalized spacial score (nSPS) is 14.0. The third-order valence-electron chi connectivity index (χ3n) is 6.75. The van der Waals surface area contributed by atoms with Crippen molar-refractivity contribution in [3.63, 3.8) is 0 Å². The number of carbonyl (C=O) groups excluding carboxylic acids is 1. The van der Waals surface area contributed by atoms with Crippen LogP contribution in [0.25, 0.3) is 11.1 Å². The number of piperidine rings is 1. The number of benzene rings is 2. The summed E-state index contributed by atoms with van der Waals surface area (Å²) in [5, 5.41) is 0. The molecule has 2 aromatic heterocycles. The highest BCUT2D eigenvalue weighted by molar-refractivity contribution is 5.73. The Balaban J connectivity index is 1.29. The van der Waals surface area contributed by atoms with Crippen molar-refractivity contribution >= 4 is 11.9 Å². The van der Waals surface area contributed by atoms with Crippen LogP contribution in [0.15, 0.2) is 85.2 Å². The molecule has 5 rings (SSSR count). The molecule has 0 spiro atoms. The van der Waals surface area contributed by atoms with Crippen LogP contribution in [-0.2, 0) is 22.7 Å². The van der Waals surface area contributed by atoms with Crippen LogP contribution in [0.2, 0.25) is 0 Å². The van der Waals surface area contributed by atoms with E-state index in [1.54, 1.807) is 12.4 Å². The molecular formula is C33H36N4O4. The van der Waals surface area contributed by atoms with Gasteiger partial charge in [0.15, 0.2) is 0 Å². The molecular weight excluding hydrogens is 516 g/mol. The largest absolute Gasteiger partial charge is 0.473 e. The maximum absolute atomic E-state index is 12.5. The van der Waals surface area contributed by atoms with Gasteiger partial charge in [-0.25, -0.2) is 9.97 Å². The molecule has 3 heterocycles. The molecule has 0 bridgehead atoms. The van der Waals surface area contributed by atoms with Crippen LogP contribution in [0.1, 0.15) is 44.7 Å². The summed E-state index contributed by atoms with van der Waals surface area (Å²) >= 11 is 0. The predicted molar refractivity (Wildman–Crippen MR) is 158 cm³/mol. The molecule has 0 aliphatic carbocycles.